The third-order valence-electron chi connectivity index (χ3n) is 2.55. The van der Waals surface area contributed by atoms with E-state index in [1.165, 1.54) is 5.56 Å². The highest BCUT2D eigenvalue weighted by Gasteiger charge is 2.10. The molecule has 1 rings (SSSR count). The molecule has 1 aromatic carbocycles. The fraction of sp³-hybridized carbons (Fsp3) is 0.462. The highest BCUT2D eigenvalue weighted by atomic mass is 16.4. The van der Waals surface area contributed by atoms with E-state index in [1.807, 2.05) is 20.8 Å². The van der Waals surface area contributed by atoms with Crippen LogP contribution in [0.25, 0.3) is 0 Å². The van der Waals surface area contributed by atoms with Gasteiger partial charge in [-0.25, -0.2) is 0 Å². The van der Waals surface area contributed by atoms with Gasteiger partial charge >= 0.3 is 5.97 Å². The number of hydrogen-bond acceptors (Lipinski definition) is 2. The van der Waals surface area contributed by atoms with Crippen molar-refractivity contribution in [3.05, 3.63) is 28.8 Å². The van der Waals surface area contributed by atoms with E-state index in [-0.39, 0.29) is 12.5 Å². The molecule has 0 aliphatic heterocycles. The summed E-state index contributed by atoms with van der Waals surface area (Å²) in [5, 5.41) is 12.0. The van der Waals surface area contributed by atoms with Crippen molar-refractivity contribution in [1.82, 2.24) is 0 Å². The predicted molar refractivity (Wildman–Crippen MR) is 66.0 cm³/mol. The van der Waals surface area contributed by atoms with Gasteiger partial charge in [-0.05, 0) is 38.8 Å². The number of carboxylic acid groups (broad SMARTS) is 1. The number of carboxylic acids is 1. The van der Waals surface area contributed by atoms with Crippen LogP contribution in [0, 0.1) is 20.8 Å². The van der Waals surface area contributed by atoms with Gasteiger partial charge in [0.25, 0.3) is 0 Å². The molecule has 88 valence electrons. The van der Waals surface area contributed by atoms with Crippen LogP contribution in [0.3, 0.4) is 0 Å². The van der Waals surface area contributed by atoms with Gasteiger partial charge < -0.3 is 10.4 Å². The lowest BCUT2D eigenvalue weighted by molar-refractivity contribution is -0.137. The largest absolute Gasteiger partial charge is 0.481 e. The zero-order chi connectivity index (χ0) is 12.3. The zero-order valence-corrected chi connectivity index (χ0v) is 10.3. The summed E-state index contributed by atoms with van der Waals surface area (Å²) in [5.74, 6) is -0.776. The molecule has 0 amide bonds. The van der Waals surface area contributed by atoms with E-state index >= 15 is 0 Å². The standard InChI is InChI=1S/C13H19NO2/c1-8-5-9(2)13(10(3)6-8)14-11(4)7-12(15)16/h5-6,11,14H,7H2,1-4H3,(H,15,16). The quantitative estimate of drug-likeness (QED) is 0.822. The van der Waals surface area contributed by atoms with Gasteiger partial charge in [-0.15, -0.1) is 0 Å². The van der Waals surface area contributed by atoms with E-state index in [0.29, 0.717) is 0 Å². The molecule has 1 aromatic rings. The van der Waals surface area contributed by atoms with Crippen molar-refractivity contribution < 1.29 is 9.90 Å². The molecule has 2 N–H and O–H groups in total. The molecule has 16 heavy (non-hydrogen) atoms. The second-order valence-corrected chi connectivity index (χ2v) is 4.42. The number of aliphatic carboxylic acids is 1. The second-order valence-electron chi connectivity index (χ2n) is 4.42. The van der Waals surface area contributed by atoms with E-state index in [0.717, 1.165) is 16.8 Å². The Hall–Kier alpha value is -1.51. The van der Waals surface area contributed by atoms with Crippen LogP contribution in [0.4, 0.5) is 5.69 Å². The van der Waals surface area contributed by atoms with E-state index in [1.54, 1.807) is 0 Å². The number of rotatable bonds is 4. The number of benzene rings is 1. The van der Waals surface area contributed by atoms with Crippen LogP contribution < -0.4 is 5.32 Å². The minimum atomic E-state index is -0.776. The summed E-state index contributed by atoms with van der Waals surface area (Å²) >= 11 is 0. The molecule has 0 radical (unpaired) electrons. The van der Waals surface area contributed by atoms with Gasteiger partial charge in [0.05, 0.1) is 6.42 Å². The van der Waals surface area contributed by atoms with Gasteiger partial charge in [-0.3, -0.25) is 4.79 Å². The number of anilines is 1. The lowest BCUT2D eigenvalue weighted by Crippen LogP contribution is -2.20. The first kappa shape index (κ1) is 12.6. The van der Waals surface area contributed by atoms with E-state index in [9.17, 15) is 4.79 Å². The summed E-state index contributed by atoms with van der Waals surface area (Å²) in [5.41, 5.74) is 4.61. The molecule has 0 saturated carbocycles. The van der Waals surface area contributed by atoms with Gasteiger partial charge in [0.15, 0.2) is 0 Å². The molecule has 0 bridgehead atoms. The third-order valence-corrected chi connectivity index (χ3v) is 2.55. The molecule has 0 aliphatic rings. The maximum absolute atomic E-state index is 10.6. The van der Waals surface area contributed by atoms with Crippen molar-refractivity contribution in [3.8, 4) is 0 Å². The summed E-state index contributed by atoms with van der Waals surface area (Å²) < 4.78 is 0. The molecule has 1 unspecified atom stereocenters. The molecule has 3 nitrogen and oxygen atoms in total. The maximum atomic E-state index is 10.6. The van der Waals surface area contributed by atoms with E-state index in [2.05, 4.69) is 24.4 Å². The lowest BCUT2D eigenvalue weighted by Gasteiger charge is -2.18. The molecule has 0 saturated heterocycles. The summed E-state index contributed by atoms with van der Waals surface area (Å²) in [6.45, 7) is 8.02. The first-order valence-corrected chi connectivity index (χ1v) is 5.46. The summed E-state index contributed by atoms with van der Waals surface area (Å²) in [6.07, 6.45) is 0.132. The summed E-state index contributed by atoms with van der Waals surface area (Å²) in [7, 11) is 0. The van der Waals surface area contributed by atoms with Crippen molar-refractivity contribution in [1.29, 1.82) is 0 Å². The molecule has 3 heteroatoms. The second kappa shape index (κ2) is 5.01. The first-order chi connectivity index (χ1) is 7.40. The van der Waals surface area contributed by atoms with Crippen LogP contribution in [0.1, 0.15) is 30.0 Å². The van der Waals surface area contributed by atoms with Gasteiger partial charge in [-0.1, -0.05) is 17.7 Å². The molecule has 0 heterocycles. The number of hydrogen-bond donors (Lipinski definition) is 2. The minimum Gasteiger partial charge on any atom is -0.481 e. The van der Waals surface area contributed by atoms with Crippen LogP contribution in [-0.4, -0.2) is 17.1 Å². The van der Waals surface area contributed by atoms with Crippen LogP contribution in [0.2, 0.25) is 0 Å². The maximum Gasteiger partial charge on any atom is 0.305 e. The smallest absolute Gasteiger partial charge is 0.305 e. The Balaban J connectivity index is 2.85. The first-order valence-electron chi connectivity index (χ1n) is 5.46. The van der Waals surface area contributed by atoms with Gasteiger partial charge in [-0.2, -0.15) is 0 Å². The van der Waals surface area contributed by atoms with Crippen molar-refractivity contribution in [2.24, 2.45) is 0 Å². The highest BCUT2D eigenvalue weighted by molar-refractivity contribution is 5.69. The fourth-order valence-corrected chi connectivity index (χ4v) is 1.97. The average Bonchev–Trinajstić information content (AvgIpc) is 2.09. The van der Waals surface area contributed by atoms with Gasteiger partial charge in [0.1, 0.15) is 0 Å². The van der Waals surface area contributed by atoms with E-state index < -0.39 is 5.97 Å². The zero-order valence-electron chi connectivity index (χ0n) is 10.3. The Bertz CT molecular complexity index is 376. The van der Waals surface area contributed by atoms with Crippen LogP contribution >= 0.6 is 0 Å². The molecule has 1 atom stereocenters. The topological polar surface area (TPSA) is 49.3 Å². The molecule has 0 spiro atoms. The van der Waals surface area contributed by atoms with Crippen LogP contribution in [-0.2, 0) is 4.79 Å². The van der Waals surface area contributed by atoms with Crippen molar-refractivity contribution in [3.63, 3.8) is 0 Å². The lowest BCUT2D eigenvalue weighted by atomic mass is 10.0. The van der Waals surface area contributed by atoms with Gasteiger partial charge in [0, 0.05) is 11.7 Å². The molecular weight excluding hydrogens is 202 g/mol. The van der Waals surface area contributed by atoms with Crippen molar-refractivity contribution in [2.75, 3.05) is 5.32 Å². The number of carbonyl (C=O) groups is 1. The van der Waals surface area contributed by atoms with Gasteiger partial charge in [0.2, 0.25) is 0 Å². The third kappa shape index (κ3) is 3.26. The SMILES string of the molecule is Cc1cc(C)c(NC(C)CC(=O)O)c(C)c1. The molecule has 0 aromatic heterocycles. The molecule has 0 aliphatic carbocycles. The predicted octanol–water partition coefficient (Wildman–Crippen LogP) is 2.89. The Kier molecular flexibility index (Phi) is 3.93. The fourth-order valence-electron chi connectivity index (χ4n) is 1.97. The van der Waals surface area contributed by atoms with Crippen molar-refractivity contribution in [2.45, 2.75) is 40.2 Å². The highest BCUT2D eigenvalue weighted by Crippen LogP contribution is 2.23. The Morgan fingerprint density at radius 3 is 2.25 bits per heavy atom. The monoisotopic (exact) mass is 221 g/mol. The normalized spacial score (nSPS) is 12.2. The Labute approximate surface area is 96.5 Å². The summed E-state index contributed by atoms with van der Waals surface area (Å²) in [6, 6.07) is 4.14. The molecule has 0 fully saturated rings. The Morgan fingerprint density at radius 2 is 1.81 bits per heavy atom. The molecular formula is C13H19NO2. The van der Waals surface area contributed by atoms with Crippen LogP contribution in [0.15, 0.2) is 12.1 Å². The number of aryl methyl sites for hydroxylation is 3. The van der Waals surface area contributed by atoms with E-state index in [4.69, 9.17) is 5.11 Å². The van der Waals surface area contributed by atoms with Crippen LogP contribution in [0.5, 0.6) is 0 Å². The Morgan fingerprint density at radius 1 is 1.31 bits per heavy atom. The number of nitrogens with one attached hydrogen (secondary N) is 1. The van der Waals surface area contributed by atoms with Crippen molar-refractivity contribution >= 4 is 11.7 Å². The minimum absolute atomic E-state index is 0.0578. The summed E-state index contributed by atoms with van der Waals surface area (Å²) in [4.78, 5) is 10.6. The average molecular weight is 221 g/mol.